The fraction of sp³-hybridized carbons (Fsp3) is 0.583. The number of hydrogen-bond acceptors (Lipinski definition) is 7. The van der Waals surface area contributed by atoms with Gasteiger partial charge < -0.3 is 19.7 Å². The van der Waals surface area contributed by atoms with E-state index in [4.69, 9.17) is 9.47 Å². The summed E-state index contributed by atoms with van der Waals surface area (Å²) in [6.07, 6.45) is -11.4. The Labute approximate surface area is 131 Å². The van der Waals surface area contributed by atoms with Gasteiger partial charge in [0.2, 0.25) is 0 Å². The maximum atomic E-state index is 12.8. The number of hydrogen-bond donors (Lipinski definition) is 3. The van der Waals surface area contributed by atoms with Gasteiger partial charge in [-0.15, -0.1) is 0 Å². The lowest BCUT2D eigenvalue weighted by atomic mass is 10.0. The number of carbonyl (C=O) groups excluding carboxylic acids is 1. The van der Waals surface area contributed by atoms with E-state index in [1.54, 1.807) is 0 Å². The summed E-state index contributed by atoms with van der Waals surface area (Å²) in [6.45, 7) is 0.429. The summed E-state index contributed by atoms with van der Waals surface area (Å²) in [5, 5.41) is 19.4. The van der Waals surface area contributed by atoms with Gasteiger partial charge in [0.15, 0.2) is 12.3 Å². The van der Waals surface area contributed by atoms with Gasteiger partial charge in [-0.2, -0.15) is 13.2 Å². The van der Waals surface area contributed by atoms with Crippen LogP contribution in [0.25, 0.3) is 0 Å². The first kappa shape index (κ1) is 18.2. The molecule has 4 atom stereocenters. The summed E-state index contributed by atoms with van der Waals surface area (Å²) < 4.78 is 48.6. The quantitative estimate of drug-likeness (QED) is 0.565. The van der Waals surface area contributed by atoms with Crippen LogP contribution in [0.3, 0.4) is 0 Å². The molecule has 0 unspecified atom stereocenters. The molecule has 2 rings (SSSR count). The molecule has 0 aromatic carbocycles. The highest BCUT2D eigenvalue weighted by Crippen LogP contribution is 2.29. The topological polar surface area (TPSA) is 131 Å². The maximum Gasteiger partial charge on any atom is 0.423 e. The Morgan fingerprint density at radius 2 is 2.04 bits per heavy atom. The summed E-state index contributed by atoms with van der Waals surface area (Å²) in [7, 11) is 0. The molecule has 24 heavy (non-hydrogen) atoms. The number of rotatable bonds is 2. The van der Waals surface area contributed by atoms with Gasteiger partial charge in [0.1, 0.15) is 17.8 Å². The largest absolute Gasteiger partial charge is 0.455 e. The molecular formula is C12H13F3N2O7. The van der Waals surface area contributed by atoms with E-state index in [1.165, 1.54) is 4.98 Å². The van der Waals surface area contributed by atoms with Crippen molar-refractivity contribution in [2.24, 2.45) is 0 Å². The van der Waals surface area contributed by atoms with Gasteiger partial charge in [0.25, 0.3) is 5.56 Å². The maximum absolute atomic E-state index is 12.8. The molecule has 0 bridgehead atoms. The molecule has 1 aromatic rings. The number of esters is 1. The Hall–Kier alpha value is -2.18. The Balaban J connectivity index is 2.54. The van der Waals surface area contributed by atoms with Crippen LogP contribution in [-0.2, 0) is 20.4 Å². The molecule has 0 spiro atoms. The van der Waals surface area contributed by atoms with Gasteiger partial charge >= 0.3 is 17.8 Å². The molecule has 1 fully saturated rings. The molecule has 134 valence electrons. The molecule has 9 nitrogen and oxygen atoms in total. The Morgan fingerprint density at radius 1 is 1.42 bits per heavy atom. The number of ether oxygens (including phenoxy) is 2. The second kappa shape index (κ2) is 6.37. The van der Waals surface area contributed by atoms with Crippen molar-refractivity contribution >= 4 is 5.97 Å². The lowest BCUT2D eigenvalue weighted by Crippen LogP contribution is -2.54. The van der Waals surface area contributed by atoms with Crippen molar-refractivity contribution in [1.29, 1.82) is 0 Å². The molecule has 1 aromatic heterocycles. The van der Waals surface area contributed by atoms with Crippen LogP contribution in [0, 0.1) is 0 Å². The molecular weight excluding hydrogens is 341 g/mol. The second-order valence-electron chi connectivity index (χ2n) is 5.06. The summed E-state index contributed by atoms with van der Waals surface area (Å²) in [5.41, 5.74) is -4.59. The molecule has 0 aliphatic carbocycles. The molecule has 1 aliphatic rings. The number of carbonyl (C=O) groups is 1. The van der Waals surface area contributed by atoms with Gasteiger partial charge in [-0.1, -0.05) is 0 Å². The molecule has 3 N–H and O–H groups in total. The van der Waals surface area contributed by atoms with E-state index in [-0.39, 0.29) is 6.20 Å². The Bertz CT molecular complexity index is 741. The number of halogens is 3. The first-order valence-corrected chi connectivity index (χ1v) is 6.60. The summed E-state index contributed by atoms with van der Waals surface area (Å²) in [4.78, 5) is 35.7. The third-order valence-corrected chi connectivity index (χ3v) is 3.30. The number of aliphatic hydroxyl groups is 2. The average Bonchev–Trinajstić information content (AvgIpc) is 2.43. The van der Waals surface area contributed by atoms with Crippen molar-refractivity contribution < 1.29 is 37.7 Å². The fourth-order valence-corrected chi connectivity index (χ4v) is 2.21. The third kappa shape index (κ3) is 3.49. The molecule has 1 aliphatic heterocycles. The summed E-state index contributed by atoms with van der Waals surface area (Å²) in [6, 6.07) is 0. The van der Waals surface area contributed by atoms with E-state index in [9.17, 15) is 37.8 Å². The zero-order valence-electron chi connectivity index (χ0n) is 12.1. The molecule has 1 saturated heterocycles. The highest BCUT2D eigenvalue weighted by molar-refractivity contribution is 5.66. The average molecular weight is 354 g/mol. The van der Waals surface area contributed by atoms with Crippen LogP contribution in [0.2, 0.25) is 0 Å². The molecule has 0 amide bonds. The summed E-state index contributed by atoms with van der Waals surface area (Å²) >= 11 is 0. The van der Waals surface area contributed by atoms with Crippen LogP contribution in [0.15, 0.2) is 15.8 Å². The first-order valence-electron chi connectivity index (χ1n) is 6.60. The number of nitrogens with zero attached hydrogens (tertiary/aromatic N) is 1. The van der Waals surface area contributed by atoms with Gasteiger partial charge in [-0.25, -0.2) is 4.79 Å². The lowest BCUT2D eigenvalue weighted by Gasteiger charge is -2.37. The van der Waals surface area contributed by atoms with Crippen molar-refractivity contribution in [2.45, 2.75) is 37.6 Å². The SMILES string of the molecule is CC(=O)O[C@H]1[C@H](O)[C@H](O)CO[C@@H]1n1cc(C(F)(F)F)c(=O)[nH]c1=O. The van der Waals surface area contributed by atoms with Crippen LogP contribution < -0.4 is 11.2 Å². The molecule has 0 radical (unpaired) electrons. The molecule has 12 heteroatoms. The summed E-state index contributed by atoms with van der Waals surface area (Å²) in [5.74, 6) is -0.921. The van der Waals surface area contributed by atoms with Crippen molar-refractivity contribution in [3.8, 4) is 0 Å². The van der Waals surface area contributed by atoms with Crippen molar-refractivity contribution in [3.05, 3.63) is 32.6 Å². The fourth-order valence-electron chi connectivity index (χ4n) is 2.21. The van der Waals surface area contributed by atoms with Crippen LogP contribution >= 0.6 is 0 Å². The van der Waals surface area contributed by atoms with Crippen LogP contribution in [0.5, 0.6) is 0 Å². The van der Waals surface area contributed by atoms with Crippen molar-refractivity contribution in [2.75, 3.05) is 6.61 Å². The highest BCUT2D eigenvalue weighted by atomic mass is 19.4. The normalized spacial score (nSPS) is 27.8. The zero-order chi connectivity index (χ0) is 18.2. The van der Waals surface area contributed by atoms with Gasteiger partial charge in [0.05, 0.1) is 6.61 Å². The minimum atomic E-state index is -5.05. The van der Waals surface area contributed by atoms with Crippen LogP contribution in [-0.4, -0.2) is 50.7 Å². The number of nitrogens with one attached hydrogen (secondary N) is 1. The van der Waals surface area contributed by atoms with Crippen molar-refractivity contribution in [1.82, 2.24) is 9.55 Å². The monoisotopic (exact) mass is 354 g/mol. The van der Waals surface area contributed by atoms with E-state index in [0.29, 0.717) is 4.57 Å². The predicted octanol–water partition coefficient (Wildman–Crippen LogP) is -1.26. The van der Waals surface area contributed by atoms with E-state index >= 15 is 0 Å². The van der Waals surface area contributed by atoms with E-state index in [1.807, 2.05) is 0 Å². The number of aromatic amines is 1. The highest BCUT2D eigenvalue weighted by Gasteiger charge is 2.44. The van der Waals surface area contributed by atoms with Gasteiger partial charge in [0, 0.05) is 13.1 Å². The van der Waals surface area contributed by atoms with E-state index in [2.05, 4.69) is 0 Å². The van der Waals surface area contributed by atoms with Crippen molar-refractivity contribution in [3.63, 3.8) is 0 Å². The Kier molecular flexibility index (Phi) is 4.82. The minimum absolute atomic E-state index is 0.201. The van der Waals surface area contributed by atoms with Gasteiger partial charge in [-0.3, -0.25) is 19.1 Å². The van der Waals surface area contributed by atoms with E-state index in [0.717, 1.165) is 6.92 Å². The van der Waals surface area contributed by atoms with E-state index < -0.39 is 60.1 Å². The van der Waals surface area contributed by atoms with Crippen LogP contribution in [0.4, 0.5) is 13.2 Å². The van der Waals surface area contributed by atoms with Crippen LogP contribution in [0.1, 0.15) is 18.7 Å². The minimum Gasteiger partial charge on any atom is -0.455 e. The standard InChI is InChI=1S/C12H13F3N2O7/c1-4(18)24-8-7(20)6(19)3-23-10(8)17-2-5(12(13,14)15)9(21)16-11(17)22/h2,6-8,10,19-20H,3H2,1H3,(H,16,21,22)/t6-,7-,8+,10+/m1/s1. The zero-order valence-corrected chi connectivity index (χ0v) is 12.1. The smallest absolute Gasteiger partial charge is 0.423 e. The first-order chi connectivity index (χ1) is 11.0. The second-order valence-corrected chi connectivity index (χ2v) is 5.06. The lowest BCUT2D eigenvalue weighted by molar-refractivity contribution is -0.226. The van der Waals surface area contributed by atoms with Gasteiger partial charge in [-0.05, 0) is 0 Å². The number of aromatic nitrogens is 2. The number of alkyl halides is 3. The molecule has 0 saturated carbocycles. The number of H-pyrrole nitrogens is 1. The Morgan fingerprint density at radius 3 is 2.58 bits per heavy atom. The molecule has 2 heterocycles. The predicted molar refractivity (Wildman–Crippen MR) is 68.9 cm³/mol. The third-order valence-electron chi connectivity index (χ3n) is 3.30. The number of aliphatic hydroxyl groups excluding tert-OH is 2.